The second kappa shape index (κ2) is 7.07. The molecule has 0 amide bonds. The van der Waals surface area contributed by atoms with Crippen molar-refractivity contribution >= 4 is 5.97 Å². The van der Waals surface area contributed by atoms with Crippen LogP contribution in [-0.2, 0) is 9.53 Å². The topological polar surface area (TPSA) is 44.8 Å². The van der Waals surface area contributed by atoms with Gasteiger partial charge in [-0.3, -0.25) is 15.0 Å². The molecule has 0 aromatic carbocycles. The molecule has 1 saturated heterocycles. The fourth-order valence-electron chi connectivity index (χ4n) is 3.37. The van der Waals surface area contributed by atoms with Crippen LogP contribution in [0.2, 0.25) is 0 Å². The van der Waals surface area contributed by atoms with Gasteiger partial charge < -0.3 is 9.64 Å². The molecule has 0 spiro atoms. The Morgan fingerprint density at radius 3 is 2.67 bits per heavy atom. The summed E-state index contributed by atoms with van der Waals surface area (Å²) >= 11 is 0. The van der Waals surface area contributed by atoms with Gasteiger partial charge in [0.05, 0.1) is 7.11 Å². The summed E-state index contributed by atoms with van der Waals surface area (Å²) in [6, 6.07) is 1.01. The number of esters is 1. The van der Waals surface area contributed by atoms with Crippen LogP contribution in [0.1, 0.15) is 39.5 Å². The van der Waals surface area contributed by atoms with Crippen molar-refractivity contribution in [1.82, 2.24) is 15.1 Å². The molecular formula is C16H31N3O2. The van der Waals surface area contributed by atoms with Crippen molar-refractivity contribution in [2.24, 2.45) is 0 Å². The van der Waals surface area contributed by atoms with Crippen molar-refractivity contribution in [1.29, 1.82) is 0 Å². The summed E-state index contributed by atoms with van der Waals surface area (Å²) in [6.07, 6.45) is 4.62. The highest BCUT2D eigenvalue weighted by Gasteiger charge is 2.42. The molecule has 0 radical (unpaired) electrons. The Bertz CT molecular complexity index is 359. The van der Waals surface area contributed by atoms with E-state index in [9.17, 15) is 4.79 Å². The number of hydrogen-bond acceptors (Lipinski definition) is 5. The minimum atomic E-state index is -0.591. The second-order valence-electron chi connectivity index (χ2n) is 6.89. The minimum Gasteiger partial charge on any atom is -0.468 e. The monoisotopic (exact) mass is 297 g/mol. The van der Waals surface area contributed by atoms with Gasteiger partial charge in [-0.15, -0.1) is 0 Å². The summed E-state index contributed by atoms with van der Waals surface area (Å²) in [5.74, 6) is -0.137. The van der Waals surface area contributed by atoms with Crippen molar-refractivity contribution in [3.05, 3.63) is 0 Å². The summed E-state index contributed by atoms with van der Waals surface area (Å²) in [5.41, 5.74) is -0.591. The lowest BCUT2D eigenvalue weighted by Gasteiger charge is -2.38. The zero-order valence-electron chi connectivity index (χ0n) is 14.0. The summed E-state index contributed by atoms with van der Waals surface area (Å²) in [6.45, 7) is 8.25. The van der Waals surface area contributed by atoms with Crippen molar-refractivity contribution < 1.29 is 9.53 Å². The van der Waals surface area contributed by atoms with E-state index in [2.05, 4.69) is 29.1 Å². The summed E-state index contributed by atoms with van der Waals surface area (Å²) < 4.78 is 5.07. The van der Waals surface area contributed by atoms with Crippen LogP contribution in [0.25, 0.3) is 0 Å². The fourth-order valence-corrected chi connectivity index (χ4v) is 3.37. The highest BCUT2D eigenvalue weighted by atomic mass is 16.5. The van der Waals surface area contributed by atoms with E-state index in [1.807, 2.05) is 6.92 Å². The van der Waals surface area contributed by atoms with Gasteiger partial charge in [0.2, 0.25) is 0 Å². The predicted molar refractivity (Wildman–Crippen MR) is 84.3 cm³/mol. The molecule has 5 nitrogen and oxygen atoms in total. The van der Waals surface area contributed by atoms with E-state index in [-0.39, 0.29) is 5.97 Å². The molecule has 21 heavy (non-hydrogen) atoms. The predicted octanol–water partition coefficient (Wildman–Crippen LogP) is 1.09. The van der Waals surface area contributed by atoms with E-state index >= 15 is 0 Å². The van der Waals surface area contributed by atoms with Crippen LogP contribution < -0.4 is 5.32 Å². The molecule has 2 atom stereocenters. The lowest BCUT2D eigenvalue weighted by molar-refractivity contribution is -0.149. The maximum absolute atomic E-state index is 12.3. The molecule has 2 fully saturated rings. The number of nitrogens with zero attached hydrogens (tertiary/aromatic N) is 2. The molecule has 1 saturated carbocycles. The lowest BCUT2D eigenvalue weighted by atomic mass is 9.99. The van der Waals surface area contributed by atoms with Crippen LogP contribution in [0.5, 0.6) is 0 Å². The first-order valence-corrected chi connectivity index (χ1v) is 8.27. The molecular weight excluding hydrogens is 266 g/mol. The first kappa shape index (κ1) is 16.7. The van der Waals surface area contributed by atoms with Crippen LogP contribution in [0.15, 0.2) is 0 Å². The average molecular weight is 297 g/mol. The molecule has 1 aliphatic carbocycles. The third kappa shape index (κ3) is 4.41. The van der Waals surface area contributed by atoms with Crippen LogP contribution >= 0.6 is 0 Å². The molecule has 1 heterocycles. The van der Waals surface area contributed by atoms with E-state index in [0.717, 1.165) is 39.0 Å². The number of methoxy groups -OCH3 is 1. The van der Waals surface area contributed by atoms with Crippen LogP contribution in [-0.4, -0.2) is 73.7 Å². The Balaban J connectivity index is 2.07. The normalized spacial score (nSPS) is 27.9. The van der Waals surface area contributed by atoms with Gasteiger partial charge in [-0.2, -0.15) is 0 Å². The smallest absolute Gasteiger partial charge is 0.327 e. The zero-order chi connectivity index (χ0) is 15.5. The lowest BCUT2D eigenvalue weighted by Crippen LogP contribution is -2.60. The number of likely N-dealkylation sites (N-methyl/N-ethyl adjacent to an activating group) is 1. The molecule has 0 bridgehead atoms. The van der Waals surface area contributed by atoms with E-state index < -0.39 is 5.54 Å². The number of rotatable bonds is 6. The van der Waals surface area contributed by atoms with Crippen molar-refractivity contribution in [3.8, 4) is 0 Å². The standard InChI is InChI=1S/C16H31N3O2/c1-5-14-11-18(3)9-6-10-19(14)12-16(2,15(20)21-4)17-13-7-8-13/h13-14,17H,5-12H2,1-4H3. The molecule has 2 rings (SSSR count). The number of ether oxygens (including phenoxy) is 1. The van der Waals surface area contributed by atoms with E-state index in [1.54, 1.807) is 0 Å². The van der Waals surface area contributed by atoms with Gasteiger partial charge >= 0.3 is 5.97 Å². The van der Waals surface area contributed by atoms with E-state index in [4.69, 9.17) is 4.74 Å². The number of carbonyl (C=O) groups excluding carboxylic acids is 1. The molecule has 5 heteroatoms. The molecule has 0 aromatic rings. The van der Waals surface area contributed by atoms with Crippen molar-refractivity contribution in [2.45, 2.75) is 57.2 Å². The number of nitrogens with one attached hydrogen (secondary N) is 1. The maximum Gasteiger partial charge on any atom is 0.327 e. The van der Waals surface area contributed by atoms with Gasteiger partial charge in [-0.1, -0.05) is 6.92 Å². The summed E-state index contributed by atoms with van der Waals surface area (Å²) in [4.78, 5) is 17.2. The second-order valence-corrected chi connectivity index (χ2v) is 6.89. The first-order chi connectivity index (χ1) is 9.98. The third-order valence-corrected chi connectivity index (χ3v) is 4.75. The molecule has 1 aliphatic heterocycles. The third-order valence-electron chi connectivity index (χ3n) is 4.75. The molecule has 2 aliphatic rings. The van der Waals surface area contributed by atoms with E-state index in [0.29, 0.717) is 12.1 Å². The number of carbonyl (C=O) groups is 1. The molecule has 1 N–H and O–H groups in total. The van der Waals surface area contributed by atoms with Crippen LogP contribution in [0.3, 0.4) is 0 Å². The average Bonchev–Trinajstić information content (AvgIpc) is 3.27. The Kier molecular flexibility index (Phi) is 5.63. The van der Waals surface area contributed by atoms with Crippen molar-refractivity contribution in [2.75, 3.05) is 40.3 Å². The van der Waals surface area contributed by atoms with Crippen LogP contribution in [0, 0.1) is 0 Å². The quantitative estimate of drug-likeness (QED) is 0.744. The molecule has 2 unspecified atom stereocenters. The first-order valence-electron chi connectivity index (χ1n) is 8.27. The Hall–Kier alpha value is -0.650. The summed E-state index contributed by atoms with van der Waals surface area (Å²) in [5, 5.41) is 3.51. The number of hydrogen-bond donors (Lipinski definition) is 1. The van der Waals surface area contributed by atoms with Gasteiger partial charge in [0.1, 0.15) is 5.54 Å². The van der Waals surface area contributed by atoms with Crippen molar-refractivity contribution in [3.63, 3.8) is 0 Å². The maximum atomic E-state index is 12.3. The van der Waals surface area contributed by atoms with Crippen LogP contribution in [0.4, 0.5) is 0 Å². The Labute approximate surface area is 129 Å². The highest BCUT2D eigenvalue weighted by Crippen LogP contribution is 2.25. The van der Waals surface area contributed by atoms with Gasteiger partial charge in [0.15, 0.2) is 0 Å². The highest BCUT2D eigenvalue weighted by molar-refractivity contribution is 5.80. The van der Waals surface area contributed by atoms with E-state index in [1.165, 1.54) is 20.0 Å². The van der Waals surface area contributed by atoms with Gasteiger partial charge in [-0.25, -0.2) is 0 Å². The Morgan fingerprint density at radius 1 is 1.38 bits per heavy atom. The SMILES string of the molecule is CCC1CN(C)CCCN1CC(C)(NC1CC1)C(=O)OC. The minimum absolute atomic E-state index is 0.137. The molecule has 0 aromatic heterocycles. The Morgan fingerprint density at radius 2 is 2.10 bits per heavy atom. The largest absolute Gasteiger partial charge is 0.468 e. The zero-order valence-corrected chi connectivity index (χ0v) is 14.0. The van der Waals surface area contributed by atoms with Gasteiger partial charge in [0.25, 0.3) is 0 Å². The summed E-state index contributed by atoms with van der Waals surface area (Å²) in [7, 11) is 3.68. The van der Waals surface area contributed by atoms with Gasteiger partial charge in [0, 0.05) is 25.2 Å². The van der Waals surface area contributed by atoms with Gasteiger partial charge in [-0.05, 0) is 52.7 Å². The molecule has 122 valence electrons. The fraction of sp³-hybridized carbons (Fsp3) is 0.938.